The van der Waals surface area contributed by atoms with Gasteiger partial charge in [0, 0.05) is 12.1 Å². The maximum Gasteiger partial charge on any atom is 0.191 e. The Morgan fingerprint density at radius 1 is 1.22 bits per heavy atom. The summed E-state index contributed by atoms with van der Waals surface area (Å²) in [6.45, 7) is 11.7. The van der Waals surface area contributed by atoms with Crippen LogP contribution in [0.3, 0.4) is 0 Å². The second-order valence-corrected chi connectivity index (χ2v) is 6.17. The number of benzene rings is 1. The van der Waals surface area contributed by atoms with Crippen LogP contribution in [0.4, 0.5) is 0 Å². The van der Waals surface area contributed by atoms with Gasteiger partial charge in [0.1, 0.15) is 6.10 Å². The minimum absolute atomic E-state index is 0. The zero-order valence-corrected chi connectivity index (χ0v) is 17.3. The fourth-order valence-corrected chi connectivity index (χ4v) is 1.85. The highest BCUT2D eigenvalue weighted by Crippen LogP contribution is 2.26. The van der Waals surface area contributed by atoms with Crippen LogP contribution >= 0.6 is 24.0 Å². The van der Waals surface area contributed by atoms with Gasteiger partial charge in [-0.25, -0.2) is 4.99 Å². The molecule has 1 atom stereocenters. The van der Waals surface area contributed by atoms with Crippen molar-refractivity contribution >= 4 is 29.9 Å². The monoisotopic (exact) mass is 435 g/mol. The number of hydrogen-bond donors (Lipinski definition) is 2. The number of nitrogens with one attached hydrogen (secondary N) is 2. The number of guanidine groups is 1. The third-order valence-corrected chi connectivity index (χ3v) is 2.74. The summed E-state index contributed by atoms with van der Waals surface area (Å²) >= 11 is 0. The Bertz CT molecular complexity index is 487. The molecular weight excluding hydrogens is 405 g/mol. The molecule has 0 heterocycles. The first-order chi connectivity index (χ1) is 10.4. The van der Waals surface area contributed by atoms with Crippen LogP contribution in [-0.2, 0) is 0 Å². The SMILES string of the molecule is CCNC(=NCC(C)Oc1ccccc1OC)NC(C)(C)C.I. The summed E-state index contributed by atoms with van der Waals surface area (Å²) in [6, 6.07) is 7.64. The summed E-state index contributed by atoms with van der Waals surface area (Å²) in [4.78, 5) is 4.58. The summed E-state index contributed by atoms with van der Waals surface area (Å²) in [5, 5.41) is 6.60. The first-order valence-corrected chi connectivity index (χ1v) is 7.72. The number of rotatable bonds is 6. The van der Waals surface area contributed by atoms with Crippen LogP contribution in [0.5, 0.6) is 11.5 Å². The van der Waals surface area contributed by atoms with Crippen LogP contribution in [0.1, 0.15) is 34.6 Å². The van der Waals surface area contributed by atoms with Crippen molar-refractivity contribution in [3.8, 4) is 11.5 Å². The lowest BCUT2D eigenvalue weighted by atomic mass is 10.1. The van der Waals surface area contributed by atoms with Gasteiger partial charge in [0.05, 0.1) is 13.7 Å². The van der Waals surface area contributed by atoms with Gasteiger partial charge in [-0.05, 0) is 46.8 Å². The van der Waals surface area contributed by atoms with Crippen molar-refractivity contribution in [2.75, 3.05) is 20.2 Å². The van der Waals surface area contributed by atoms with Crippen LogP contribution in [-0.4, -0.2) is 37.8 Å². The molecule has 0 radical (unpaired) electrons. The molecular formula is C17H30IN3O2. The molecule has 1 aromatic rings. The molecule has 0 saturated carbocycles. The quantitative estimate of drug-likeness (QED) is 0.409. The van der Waals surface area contributed by atoms with Gasteiger partial charge >= 0.3 is 0 Å². The first-order valence-electron chi connectivity index (χ1n) is 7.72. The van der Waals surface area contributed by atoms with E-state index in [4.69, 9.17) is 9.47 Å². The molecule has 1 unspecified atom stereocenters. The number of halogens is 1. The molecule has 23 heavy (non-hydrogen) atoms. The van der Waals surface area contributed by atoms with E-state index in [9.17, 15) is 0 Å². The Balaban J connectivity index is 0.00000484. The van der Waals surface area contributed by atoms with Crippen LogP contribution in [0.25, 0.3) is 0 Å². The second-order valence-electron chi connectivity index (χ2n) is 6.17. The molecule has 0 bridgehead atoms. The van der Waals surface area contributed by atoms with E-state index in [0.29, 0.717) is 6.54 Å². The van der Waals surface area contributed by atoms with E-state index in [1.165, 1.54) is 0 Å². The van der Waals surface area contributed by atoms with Crippen molar-refractivity contribution in [2.45, 2.75) is 46.3 Å². The van der Waals surface area contributed by atoms with E-state index >= 15 is 0 Å². The van der Waals surface area contributed by atoms with E-state index in [1.54, 1.807) is 7.11 Å². The molecule has 0 aliphatic carbocycles. The van der Waals surface area contributed by atoms with Crippen molar-refractivity contribution in [3.63, 3.8) is 0 Å². The molecule has 0 aromatic heterocycles. The summed E-state index contributed by atoms with van der Waals surface area (Å²) in [7, 11) is 1.64. The molecule has 132 valence electrons. The molecule has 2 N–H and O–H groups in total. The average Bonchev–Trinajstić information content (AvgIpc) is 2.44. The third-order valence-electron chi connectivity index (χ3n) is 2.74. The molecule has 6 heteroatoms. The summed E-state index contributed by atoms with van der Waals surface area (Å²) in [6.07, 6.45) is -0.0493. The number of para-hydroxylation sites is 2. The van der Waals surface area contributed by atoms with Crippen molar-refractivity contribution in [1.29, 1.82) is 0 Å². The van der Waals surface area contributed by atoms with Gasteiger partial charge in [0.15, 0.2) is 17.5 Å². The van der Waals surface area contributed by atoms with E-state index in [0.717, 1.165) is 24.0 Å². The van der Waals surface area contributed by atoms with E-state index < -0.39 is 0 Å². The Morgan fingerprint density at radius 3 is 2.35 bits per heavy atom. The average molecular weight is 435 g/mol. The van der Waals surface area contributed by atoms with Crippen LogP contribution in [0.2, 0.25) is 0 Å². The smallest absolute Gasteiger partial charge is 0.191 e. The minimum atomic E-state index is -0.0493. The Hall–Kier alpha value is -1.18. The van der Waals surface area contributed by atoms with Crippen molar-refractivity contribution in [3.05, 3.63) is 24.3 Å². The predicted molar refractivity (Wildman–Crippen MR) is 107 cm³/mol. The summed E-state index contributed by atoms with van der Waals surface area (Å²) in [5.74, 6) is 2.27. The Kier molecular flexibility index (Phi) is 10.0. The molecule has 0 spiro atoms. The van der Waals surface area contributed by atoms with E-state index in [1.807, 2.05) is 31.2 Å². The third kappa shape index (κ3) is 8.88. The van der Waals surface area contributed by atoms with Crippen LogP contribution < -0.4 is 20.1 Å². The lowest BCUT2D eigenvalue weighted by Crippen LogP contribution is -2.47. The molecule has 0 fully saturated rings. The largest absolute Gasteiger partial charge is 0.493 e. The lowest BCUT2D eigenvalue weighted by Gasteiger charge is -2.24. The highest BCUT2D eigenvalue weighted by atomic mass is 127. The fraction of sp³-hybridized carbons (Fsp3) is 0.588. The molecule has 5 nitrogen and oxygen atoms in total. The van der Waals surface area contributed by atoms with Gasteiger partial charge in [-0.1, -0.05) is 12.1 Å². The summed E-state index contributed by atoms with van der Waals surface area (Å²) < 4.78 is 11.2. The zero-order valence-electron chi connectivity index (χ0n) is 15.0. The van der Waals surface area contributed by atoms with E-state index in [-0.39, 0.29) is 35.6 Å². The second kappa shape index (κ2) is 10.6. The lowest BCUT2D eigenvalue weighted by molar-refractivity contribution is 0.219. The van der Waals surface area contributed by atoms with Crippen molar-refractivity contribution < 1.29 is 9.47 Å². The summed E-state index contributed by atoms with van der Waals surface area (Å²) in [5.41, 5.74) is -0.0340. The predicted octanol–water partition coefficient (Wildman–Crippen LogP) is 3.43. The number of aliphatic imine (C=N–C) groups is 1. The van der Waals surface area contributed by atoms with Gasteiger partial charge in [-0.15, -0.1) is 24.0 Å². The number of hydrogen-bond acceptors (Lipinski definition) is 3. The minimum Gasteiger partial charge on any atom is -0.493 e. The standard InChI is InChI=1S/C17H29N3O2.HI/c1-7-18-16(20-17(3,4)5)19-12-13(2)22-15-11-9-8-10-14(15)21-6;/h8-11,13H,7,12H2,1-6H3,(H2,18,19,20);1H. The van der Waals surface area contributed by atoms with Crippen LogP contribution in [0.15, 0.2) is 29.3 Å². The molecule has 0 aliphatic rings. The van der Waals surface area contributed by atoms with Gasteiger partial charge < -0.3 is 20.1 Å². The number of ether oxygens (including phenoxy) is 2. The van der Waals surface area contributed by atoms with Crippen LogP contribution in [0, 0.1) is 0 Å². The highest BCUT2D eigenvalue weighted by molar-refractivity contribution is 14.0. The maximum atomic E-state index is 5.91. The molecule has 0 saturated heterocycles. The maximum absolute atomic E-state index is 5.91. The van der Waals surface area contributed by atoms with Gasteiger partial charge in [0.25, 0.3) is 0 Å². The van der Waals surface area contributed by atoms with Crippen molar-refractivity contribution in [2.24, 2.45) is 4.99 Å². The number of methoxy groups -OCH3 is 1. The Morgan fingerprint density at radius 2 is 1.83 bits per heavy atom. The first kappa shape index (κ1) is 21.8. The Labute approximate surface area is 157 Å². The van der Waals surface area contributed by atoms with Gasteiger partial charge in [0.2, 0.25) is 0 Å². The molecule has 1 aromatic carbocycles. The molecule has 0 aliphatic heterocycles. The van der Waals surface area contributed by atoms with Gasteiger partial charge in [-0.3, -0.25) is 0 Å². The van der Waals surface area contributed by atoms with Crippen molar-refractivity contribution in [1.82, 2.24) is 10.6 Å². The highest BCUT2D eigenvalue weighted by Gasteiger charge is 2.13. The van der Waals surface area contributed by atoms with Gasteiger partial charge in [-0.2, -0.15) is 0 Å². The topological polar surface area (TPSA) is 54.9 Å². The normalized spacial score (nSPS) is 12.9. The molecule has 0 amide bonds. The zero-order chi connectivity index (χ0) is 16.6. The molecule has 1 rings (SSSR count). The fourth-order valence-electron chi connectivity index (χ4n) is 1.85. The van der Waals surface area contributed by atoms with E-state index in [2.05, 4.69) is 43.3 Å². The number of nitrogens with zero attached hydrogens (tertiary/aromatic N) is 1.